The molecule has 1 atom stereocenters. The van der Waals surface area contributed by atoms with E-state index in [2.05, 4.69) is 5.32 Å². The molecule has 2 N–H and O–H groups in total. The maximum absolute atomic E-state index is 13.4. The van der Waals surface area contributed by atoms with E-state index in [0.717, 1.165) is 37.4 Å². The van der Waals surface area contributed by atoms with Crippen molar-refractivity contribution in [3.8, 4) is 0 Å². The van der Waals surface area contributed by atoms with Crippen LogP contribution in [0.15, 0.2) is 24.3 Å². The zero-order chi connectivity index (χ0) is 16.7. The molecule has 1 fully saturated rings. The van der Waals surface area contributed by atoms with Crippen LogP contribution in [0.25, 0.3) is 6.08 Å². The Morgan fingerprint density at radius 3 is 2.65 bits per heavy atom. The lowest BCUT2D eigenvalue weighted by Crippen LogP contribution is -2.44. The van der Waals surface area contributed by atoms with Crippen molar-refractivity contribution in [2.24, 2.45) is 0 Å². The summed E-state index contributed by atoms with van der Waals surface area (Å²) in [7, 11) is 0. The van der Waals surface area contributed by atoms with Crippen LogP contribution in [0.3, 0.4) is 0 Å². The Labute approximate surface area is 133 Å². The van der Waals surface area contributed by atoms with Crippen LogP contribution in [0.2, 0.25) is 0 Å². The Hall–Kier alpha value is -1.83. The monoisotopic (exact) mass is 326 g/mol. The maximum Gasteiger partial charge on any atom is 0.244 e. The zero-order valence-electron chi connectivity index (χ0n) is 12.7. The summed E-state index contributed by atoms with van der Waals surface area (Å²) in [6, 6.07) is 3.49. The molecule has 0 bridgehead atoms. The summed E-state index contributed by atoms with van der Waals surface area (Å²) in [6.07, 6.45) is 1.41. The van der Waals surface area contributed by atoms with Crippen molar-refractivity contribution < 1.29 is 23.4 Å². The fraction of sp³-hybridized carbons (Fsp3) is 0.438. The molecule has 7 heteroatoms. The van der Waals surface area contributed by atoms with Crippen molar-refractivity contribution in [2.75, 3.05) is 39.4 Å². The number of nitrogens with zero attached hydrogens (tertiary/aromatic N) is 1. The van der Waals surface area contributed by atoms with Crippen molar-refractivity contribution >= 4 is 12.0 Å². The number of aliphatic hydroxyl groups is 1. The second-order valence-corrected chi connectivity index (χ2v) is 5.28. The number of halogens is 2. The Morgan fingerprint density at radius 2 is 2.00 bits per heavy atom. The van der Waals surface area contributed by atoms with Crippen LogP contribution in [-0.4, -0.2) is 61.4 Å². The second kappa shape index (κ2) is 8.71. The molecule has 1 aliphatic rings. The highest BCUT2D eigenvalue weighted by Gasteiger charge is 2.15. The highest BCUT2D eigenvalue weighted by Crippen LogP contribution is 2.13. The number of rotatable bonds is 6. The average molecular weight is 326 g/mol. The van der Waals surface area contributed by atoms with Gasteiger partial charge in [-0.05, 0) is 18.2 Å². The topological polar surface area (TPSA) is 61.8 Å². The van der Waals surface area contributed by atoms with Gasteiger partial charge in [0.25, 0.3) is 0 Å². The van der Waals surface area contributed by atoms with Gasteiger partial charge in [0.05, 0.1) is 19.3 Å². The van der Waals surface area contributed by atoms with Crippen molar-refractivity contribution in [3.05, 3.63) is 41.5 Å². The molecule has 1 heterocycles. The number of ether oxygens (including phenoxy) is 1. The van der Waals surface area contributed by atoms with Gasteiger partial charge in [-0.25, -0.2) is 8.78 Å². The lowest BCUT2D eigenvalue weighted by molar-refractivity contribution is -0.117. The van der Waals surface area contributed by atoms with Crippen molar-refractivity contribution in [2.45, 2.75) is 6.10 Å². The molecule has 0 aliphatic carbocycles. The number of carbonyl (C=O) groups excluding carboxylic acids is 1. The summed E-state index contributed by atoms with van der Waals surface area (Å²) in [5.41, 5.74) is -0.267. The van der Waals surface area contributed by atoms with Crippen LogP contribution in [0.1, 0.15) is 5.56 Å². The molecule has 23 heavy (non-hydrogen) atoms. The summed E-state index contributed by atoms with van der Waals surface area (Å²) in [4.78, 5) is 13.7. The molecule has 1 aromatic carbocycles. The van der Waals surface area contributed by atoms with E-state index < -0.39 is 23.6 Å². The first-order chi connectivity index (χ1) is 11.1. The molecule has 1 aromatic rings. The zero-order valence-corrected chi connectivity index (χ0v) is 12.7. The van der Waals surface area contributed by atoms with Crippen LogP contribution >= 0.6 is 0 Å². The van der Waals surface area contributed by atoms with Gasteiger partial charge in [-0.2, -0.15) is 0 Å². The lowest BCUT2D eigenvalue weighted by atomic mass is 10.2. The van der Waals surface area contributed by atoms with Gasteiger partial charge in [0.2, 0.25) is 5.91 Å². The lowest BCUT2D eigenvalue weighted by Gasteiger charge is -2.28. The van der Waals surface area contributed by atoms with Gasteiger partial charge >= 0.3 is 0 Å². The van der Waals surface area contributed by atoms with Gasteiger partial charge in [-0.3, -0.25) is 9.69 Å². The molecule has 1 aliphatic heterocycles. The van der Waals surface area contributed by atoms with Crippen molar-refractivity contribution in [3.63, 3.8) is 0 Å². The van der Waals surface area contributed by atoms with E-state index in [4.69, 9.17) is 4.74 Å². The summed E-state index contributed by atoms with van der Waals surface area (Å²) in [5.74, 6) is -1.99. The Bertz CT molecular complexity index is 540. The molecule has 2 rings (SSSR count). The molecule has 1 saturated heterocycles. The van der Waals surface area contributed by atoms with Crippen LogP contribution in [-0.2, 0) is 9.53 Å². The highest BCUT2D eigenvalue weighted by atomic mass is 19.1. The van der Waals surface area contributed by atoms with Gasteiger partial charge in [0.15, 0.2) is 0 Å². The minimum Gasteiger partial charge on any atom is -0.390 e. The molecule has 1 amide bonds. The number of β-amino-alcohol motifs (C(OH)–C–C–N with tert-alkyl or cyclic N) is 1. The van der Waals surface area contributed by atoms with E-state index in [0.29, 0.717) is 19.8 Å². The largest absolute Gasteiger partial charge is 0.390 e. The molecule has 0 aromatic heterocycles. The molecule has 0 spiro atoms. The van der Waals surface area contributed by atoms with Gasteiger partial charge < -0.3 is 15.2 Å². The summed E-state index contributed by atoms with van der Waals surface area (Å²) in [6.45, 7) is 3.27. The number of carbonyl (C=O) groups is 1. The van der Waals surface area contributed by atoms with Gasteiger partial charge in [0.1, 0.15) is 11.6 Å². The predicted molar refractivity (Wildman–Crippen MR) is 81.7 cm³/mol. The summed E-state index contributed by atoms with van der Waals surface area (Å²) < 4.78 is 32.0. The van der Waals surface area contributed by atoms with Gasteiger partial charge in [-0.15, -0.1) is 0 Å². The third-order valence-electron chi connectivity index (χ3n) is 3.49. The Kier molecular flexibility index (Phi) is 6.64. The van der Waals surface area contributed by atoms with Crippen molar-refractivity contribution in [1.29, 1.82) is 0 Å². The van der Waals surface area contributed by atoms with Gasteiger partial charge in [0, 0.05) is 37.8 Å². The minimum atomic E-state index is -0.735. The standard InChI is InChI=1S/C16H20F2N2O3/c17-14-2-1-3-15(18)13(14)4-5-16(22)19-10-12(21)11-20-6-8-23-9-7-20/h1-5,12,21H,6-11H2,(H,19,22)/b5-4+. The van der Waals surface area contributed by atoms with Gasteiger partial charge in [-0.1, -0.05) is 6.07 Å². The van der Waals surface area contributed by atoms with Crippen LogP contribution in [0.4, 0.5) is 8.78 Å². The van der Waals surface area contributed by atoms with Crippen LogP contribution < -0.4 is 5.32 Å². The first-order valence-corrected chi connectivity index (χ1v) is 7.44. The second-order valence-electron chi connectivity index (χ2n) is 5.28. The Balaban J connectivity index is 1.77. The number of morpholine rings is 1. The number of benzene rings is 1. The van der Waals surface area contributed by atoms with E-state index in [-0.39, 0.29) is 12.1 Å². The number of hydrogen-bond donors (Lipinski definition) is 2. The number of aliphatic hydroxyl groups excluding tert-OH is 1. The molecule has 5 nitrogen and oxygen atoms in total. The van der Waals surface area contributed by atoms with Crippen LogP contribution in [0.5, 0.6) is 0 Å². The fourth-order valence-electron chi connectivity index (χ4n) is 2.25. The summed E-state index contributed by atoms with van der Waals surface area (Å²) >= 11 is 0. The van der Waals surface area contributed by atoms with E-state index in [1.165, 1.54) is 6.07 Å². The molecular formula is C16H20F2N2O3. The number of hydrogen-bond acceptors (Lipinski definition) is 4. The average Bonchev–Trinajstić information content (AvgIpc) is 2.53. The quantitative estimate of drug-likeness (QED) is 0.759. The fourth-order valence-corrected chi connectivity index (χ4v) is 2.25. The van der Waals surface area contributed by atoms with E-state index in [9.17, 15) is 18.7 Å². The molecule has 0 saturated carbocycles. The molecule has 126 valence electrons. The van der Waals surface area contributed by atoms with Crippen molar-refractivity contribution in [1.82, 2.24) is 10.2 Å². The maximum atomic E-state index is 13.4. The molecular weight excluding hydrogens is 306 g/mol. The first-order valence-electron chi connectivity index (χ1n) is 7.44. The minimum absolute atomic E-state index is 0.0697. The first kappa shape index (κ1) is 17.5. The molecule has 0 radical (unpaired) electrons. The number of nitrogens with one attached hydrogen (secondary N) is 1. The Morgan fingerprint density at radius 1 is 1.35 bits per heavy atom. The van der Waals surface area contributed by atoms with E-state index in [1.54, 1.807) is 0 Å². The number of amides is 1. The van der Waals surface area contributed by atoms with E-state index >= 15 is 0 Å². The highest BCUT2D eigenvalue weighted by molar-refractivity contribution is 5.91. The smallest absolute Gasteiger partial charge is 0.244 e. The SMILES string of the molecule is O=C(/C=C/c1c(F)cccc1F)NCC(O)CN1CCOCC1. The third-order valence-corrected chi connectivity index (χ3v) is 3.49. The van der Waals surface area contributed by atoms with Crippen LogP contribution in [0, 0.1) is 11.6 Å². The summed E-state index contributed by atoms with van der Waals surface area (Å²) in [5, 5.41) is 12.4. The van der Waals surface area contributed by atoms with E-state index in [1.807, 2.05) is 4.90 Å². The third kappa shape index (κ3) is 5.70. The normalized spacial score (nSPS) is 17.3. The predicted octanol–water partition coefficient (Wildman–Crippen LogP) is 0.787. The molecule has 1 unspecified atom stereocenters.